The molecule has 1 aromatic heterocycles. The molecule has 0 bridgehead atoms. The quantitative estimate of drug-likeness (QED) is 0.753. The number of nitrogens with zero attached hydrogens (tertiary/aromatic N) is 2. The molecular weight excluding hydrogens is 345 g/mol. The van der Waals surface area contributed by atoms with Crippen molar-refractivity contribution in [3.63, 3.8) is 0 Å². The summed E-state index contributed by atoms with van der Waals surface area (Å²) in [5, 5.41) is 3.24. The van der Waals surface area contributed by atoms with Gasteiger partial charge in [-0.2, -0.15) is 0 Å². The Kier molecular flexibility index (Phi) is 6.80. The van der Waals surface area contributed by atoms with Gasteiger partial charge in [0.1, 0.15) is 11.9 Å². The molecule has 0 saturated heterocycles. The molecule has 1 unspecified atom stereocenters. The van der Waals surface area contributed by atoms with E-state index in [1.807, 2.05) is 20.8 Å². The van der Waals surface area contributed by atoms with Gasteiger partial charge >= 0.3 is 0 Å². The van der Waals surface area contributed by atoms with Crippen LogP contribution in [0.1, 0.15) is 38.4 Å². The van der Waals surface area contributed by atoms with Crippen LogP contribution in [0.4, 0.5) is 5.82 Å². The molecule has 1 aromatic rings. The number of hydrogen-bond acceptors (Lipinski definition) is 5. The molecule has 0 fully saturated rings. The third-order valence-electron chi connectivity index (χ3n) is 2.34. The molecule has 0 aromatic carbocycles. The van der Waals surface area contributed by atoms with E-state index in [-0.39, 0.29) is 6.10 Å². The fourth-order valence-corrected chi connectivity index (χ4v) is 2.12. The first-order valence-electron chi connectivity index (χ1n) is 6.04. The third-order valence-corrected chi connectivity index (χ3v) is 3.48. The molecule has 5 nitrogen and oxygen atoms in total. The molecule has 0 amide bonds. The first-order valence-corrected chi connectivity index (χ1v) is 7.12. The molecule has 102 valence electrons. The maximum Gasteiger partial charge on any atom is 0.159 e. The summed E-state index contributed by atoms with van der Waals surface area (Å²) in [7, 11) is 1.66. The van der Waals surface area contributed by atoms with Crippen LogP contribution in [-0.2, 0) is 16.1 Å². The largest absolute Gasteiger partial charge is 0.378 e. The van der Waals surface area contributed by atoms with Crippen molar-refractivity contribution in [1.82, 2.24) is 9.97 Å². The number of hydrogen-bond donors (Lipinski definition) is 1. The molecule has 1 rings (SSSR count). The van der Waals surface area contributed by atoms with Crippen LogP contribution < -0.4 is 5.32 Å². The van der Waals surface area contributed by atoms with Crippen molar-refractivity contribution >= 4 is 28.4 Å². The van der Waals surface area contributed by atoms with Gasteiger partial charge in [-0.15, -0.1) is 0 Å². The van der Waals surface area contributed by atoms with E-state index < -0.39 is 0 Å². The number of rotatable bonds is 7. The molecule has 1 atom stereocenters. The summed E-state index contributed by atoms with van der Waals surface area (Å²) in [5.74, 6) is 1.54. The SMILES string of the molecule is CCNc1nc(C(C)OCC)nc(COC)c1I. The zero-order valence-electron chi connectivity index (χ0n) is 11.3. The van der Waals surface area contributed by atoms with Crippen LogP contribution in [0.5, 0.6) is 0 Å². The first-order chi connectivity index (χ1) is 8.63. The van der Waals surface area contributed by atoms with Crippen LogP contribution in [0.2, 0.25) is 0 Å². The number of anilines is 1. The minimum atomic E-state index is -0.111. The fraction of sp³-hybridized carbons (Fsp3) is 0.667. The van der Waals surface area contributed by atoms with Crippen molar-refractivity contribution in [2.24, 2.45) is 0 Å². The predicted octanol–water partition coefficient (Wildman–Crippen LogP) is 2.76. The highest BCUT2D eigenvalue weighted by Crippen LogP contribution is 2.23. The zero-order valence-corrected chi connectivity index (χ0v) is 13.4. The highest BCUT2D eigenvalue weighted by atomic mass is 127. The van der Waals surface area contributed by atoms with Crippen LogP contribution in [-0.4, -0.2) is 30.2 Å². The van der Waals surface area contributed by atoms with Crippen LogP contribution >= 0.6 is 22.6 Å². The van der Waals surface area contributed by atoms with E-state index >= 15 is 0 Å². The molecule has 0 radical (unpaired) electrons. The Morgan fingerprint density at radius 3 is 2.61 bits per heavy atom. The number of halogens is 1. The van der Waals surface area contributed by atoms with Gasteiger partial charge in [-0.05, 0) is 43.4 Å². The summed E-state index contributed by atoms with van der Waals surface area (Å²) in [5.41, 5.74) is 0.894. The number of aromatic nitrogens is 2. The Bertz CT molecular complexity index is 361. The van der Waals surface area contributed by atoms with E-state index in [2.05, 4.69) is 37.9 Å². The topological polar surface area (TPSA) is 56.3 Å². The summed E-state index contributed by atoms with van der Waals surface area (Å²) >= 11 is 2.24. The molecule has 18 heavy (non-hydrogen) atoms. The van der Waals surface area contributed by atoms with E-state index in [0.29, 0.717) is 19.0 Å². The third kappa shape index (κ3) is 4.03. The van der Waals surface area contributed by atoms with Gasteiger partial charge in [0.25, 0.3) is 0 Å². The Hall–Kier alpha value is -0.470. The Morgan fingerprint density at radius 2 is 2.06 bits per heavy atom. The molecule has 0 aliphatic rings. The van der Waals surface area contributed by atoms with Crippen molar-refractivity contribution < 1.29 is 9.47 Å². The summed E-state index contributed by atoms with van der Waals surface area (Å²) in [4.78, 5) is 9.03. The fourth-order valence-electron chi connectivity index (χ4n) is 1.54. The van der Waals surface area contributed by atoms with Crippen molar-refractivity contribution in [2.45, 2.75) is 33.5 Å². The summed E-state index contributed by atoms with van der Waals surface area (Å²) in [6, 6.07) is 0. The number of nitrogens with one attached hydrogen (secondary N) is 1. The smallest absolute Gasteiger partial charge is 0.159 e. The van der Waals surface area contributed by atoms with Gasteiger partial charge in [0.05, 0.1) is 15.9 Å². The highest BCUT2D eigenvalue weighted by molar-refractivity contribution is 14.1. The summed E-state index contributed by atoms with van der Waals surface area (Å²) in [6.45, 7) is 7.90. The molecule has 1 N–H and O–H groups in total. The van der Waals surface area contributed by atoms with Crippen LogP contribution in [0, 0.1) is 3.57 Å². The van der Waals surface area contributed by atoms with Gasteiger partial charge in [-0.1, -0.05) is 0 Å². The average Bonchev–Trinajstić information content (AvgIpc) is 2.34. The monoisotopic (exact) mass is 365 g/mol. The van der Waals surface area contributed by atoms with E-state index in [1.165, 1.54) is 0 Å². The summed E-state index contributed by atoms with van der Waals surface area (Å²) in [6.07, 6.45) is -0.111. The number of ether oxygens (including phenoxy) is 2. The van der Waals surface area contributed by atoms with Gasteiger partial charge in [0.15, 0.2) is 5.82 Å². The molecule has 0 saturated carbocycles. The average molecular weight is 365 g/mol. The van der Waals surface area contributed by atoms with Crippen molar-refractivity contribution in [1.29, 1.82) is 0 Å². The summed E-state index contributed by atoms with van der Waals surface area (Å²) < 4.78 is 11.7. The van der Waals surface area contributed by atoms with Gasteiger partial charge in [0, 0.05) is 20.3 Å². The standard InChI is InChI=1S/C12H20IN3O2/c1-5-14-12-10(13)9(7-17-4)15-11(16-12)8(3)18-6-2/h8H,5-7H2,1-4H3,(H,14,15,16). The van der Waals surface area contributed by atoms with Gasteiger partial charge < -0.3 is 14.8 Å². The second kappa shape index (κ2) is 7.85. The first kappa shape index (κ1) is 15.6. The van der Waals surface area contributed by atoms with E-state index in [0.717, 1.165) is 21.6 Å². The normalized spacial score (nSPS) is 12.5. The van der Waals surface area contributed by atoms with E-state index in [1.54, 1.807) is 7.11 Å². The lowest BCUT2D eigenvalue weighted by Gasteiger charge is -2.15. The van der Waals surface area contributed by atoms with Crippen molar-refractivity contribution in [3.8, 4) is 0 Å². The van der Waals surface area contributed by atoms with E-state index in [4.69, 9.17) is 9.47 Å². The second-order valence-electron chi connectivity index (χ2n) is 3.75. The van der Waals surface area contributed by atoms with Crippen LogP contribution in [0.25, 0.3) is 0 Å². The number of methoxy groups -OCH3 is 1. The second-order valence-corrected chi connectivity index (χ2v) is 4.83. The molecule has 6 heteroatoms. The molecule has 0 spiro atoms. The Balaban J connectivity index is 3.10. The predicted molar refractivity (Wildman–Crippen MR) is 79.7 cm³/mol. The highest BCUT2D eigenvalue weighted by Gasteiger charge is 2.16. The molecule has 1 heterocycles. The Morgan fingerprint density at radius 1 is 1.33 bits per heavy atom. The minimum Gasteiger partial charge on any atom is -0.378 e. The van der Waals surface area contributed by atoms with Crippen LogP contribution in [0.15, 0.2) is 0 Å². The maximum absolute atomic E-state index is 5.54. The molecular formula is C12H20IN3O2. The molecule has 0 aliphatic heterocycles. The lowest BCUT2D eigenvalue weighted by molar-refractivity contribution is 0.0695. The lowest BCUT2D eigenvalue weighted by atomic mass is 10.3. The van der Waals surface area contributed by atoms with Gasteiger partial charge in [0.2, 0.25) is 0 Å². The van der Waals surface area contributed by atoms with E-state index in [9.17, 15) is 0 Å². The van der Waals surface area contributed by atoms with Crippen LogP contribution in [0.3, 0.4) is 0 Å². The maximum atomic E-state index is 5.54. The van der Waals surface area contributed by atoms with Crippen molar-refractivity contribution in [3.05, 3.63) is 15.1 Å². The Labute approximate surface area is 122 Å². The molecule has 0 aliphatic carbocycles. The van der Waals surface area contributed by atoms with Gasteiger partial charge in [-0.25, -0.2) is 9.97 Å². The lowest BCUT2D eigenvalue weighted by Crippen LogP contribution is -2.13. The van der Waals surface area contributed by atoms with Gasteiger partial charge in [-0.3, -0.25) is 0 Å². The van der Waals surface area contributed by atoms with Crippen molar-refractivity contribution in [2.75, 3.05) is 25.6 Å². The zero-order chi connectivity index (χ0) is 13.5. The minimum absolute atomic E-state index is 0.111.